The van der Waals surface area contributed by atoms with Crippen molar-refractivity contribution in [3.8, 4) is 5.75 Å². The molecule has 80 valence electrons. The third kappa shape index (κ3) is 4.35. The zero-order valence-electron chi connectivity index (χ0n) is 7.14. The Balaban J connectivity index is 2.85. The molecule has 0 aliphatic carbocycles. The molecule has 0 atom stereocenters. The van der Waals surface area contributed by atoms with Crippen LogP contribution in [0.2, 0.25) is 5.02 Å². The average Bonchev–Trinajstić information content (AvgIpc) is 2.20. The van der Waals surface area contributed by atoms with Gasteiger partial charge in [-0.25, -0.2) is 4.79 Å². The molecule has 0 aliphatic rings. The lowest BCUT2D eigenvalue weighted by atomic mass is 10.3. The van der Waals surface area contributed by atoms with Crippen LogP contribution in [0.1, 0.15) is 0 Å². The van der Waals surface area contributed by atoms with E-state index in [0.717, 1.165) is 1.59 Å². The van der Waals surface area contributed by atoms with Crippen molar-refractivity contribution in [2.75, 3.05) is 0 Å². The van der Waals surface area contributed by atoms with Gasteiger partial charge in [-0.05, 0) is 79.9 Å². The summed E-state index contributed by atoms with van der Waals surface area (Å²) in [5.41, 5.74) is 0. The van der Waals surface area contributed by atoms with Crippen LogP contribution in [-0.2, 0) is 4.79 Å². The first-order valence-corrected chi connectivity index (χ1v) is 7.31. The Labute approximate surface area is 133 Å². The van der Waals surface area contributed by atoms with Gasteiger partial charge in [0.05, 0.1) is 6.61 Å². The van der Waals surface area contributed by atoms with E-state index in [9.17, 15) is 4.79 Å². The summed E-state index contributed by atoms with van der Waals surface area (Å²) in [4.78, 5) is 11.6. The van der Waals surface area contributed by atoms with E-state index >= 15 is 0 Å². The molecule has 0 bridgehead atoms. The molecule has 1 rings (SSSR count). The van der Waals surface area contributed by atoms with Gasteiger partial charge in [0.2, 0.25) is 0 Å². The molecule has 0 fully saturated rings. The van der Waals surface area contributed by atoms with Crippen molar-refractivity contribution in [2.24, 2.45) is 0 Å². The van der Waals surface area contributed by atoms with Gasteiger partial charge in [-0.1, -0.05) is 23.7 Å². The highest BCUT2D eigenvalue weighted by molar-refractivity contribution is 14.2. The second-order valence-electron chi connectivity index (χ2n) is 2.39. The lowest BCUT2D eigenvalue weighted by Gasteiger charge is -2.05. The fourth-order valence-corrected chi connectivity index (χ4v) is 1.47. The third-order valence-electron chi connectivity index (χ3n) is 1.38. The monoisotopic (exact) mass is 560 g/mol. The van der Waals surface area contributed by atoms with Gasteiger partial charge in [-0.15, -0.1) is 0 Å². The number of rotatable bonds is 2. The maximum atomic E-state index is 11.6. The zero-order valence-corrected chi connectivity index (χ0v) is 14.4. The smallest absolute Gasteiger partial charge is 0.351 e. The minimum absolute atomic E-state index is 0.382. The van der Waals surface area contributed by atoms with Crippen molar-refractivity contribution in [1.82, 2.24) is 0 Å². The Bertz CT molecular complexity index is 414. The molecule has 0 heterocycles. The summed E-state index contributed by atoms with van der Waals surface area (Å²) >= 11 is 11.9. The highest BCUT2D eigenvalue weighted by atomic mass is 127. The summed E-state index contributed by atoms with van der Waals surface area (Å²) in [5, 5.41) is 0.429. The molecule has 0 unspecified atom stereocenters. The van der Waals surface area contributed by atoms with Gasteiger partial charge in [-0.2, -0.15) is 0 Å². The molecule has 1 aromatic rings. The van der Waals surface area contributed by atoms with E-state index in [1.807, 2.05) is 22.6 Å². The summed E-state index contributed by atoms with van der Waals surface area (Å²) < 4.78 is 6.54. The van der Waals surface area contributed by atoms with Gasteiger partial charge < -0.3 is 4.74 Å². The van der Waals surface area contributed by atoms with Crippen LogP contribution in [0.15, 0.2) is 29.4 Å². The van der Waals surface area contributed by atoms with E-state index in [0.29, 0.717) is 14.4 Å². The Morgan fingerprint density at radius 2 is 1.80 bits per heavy atom. The number of carbonyl (C=O) groups is 1. The molecule has 0 spiro atoms. The van der Waals surface area contributed by atoms with Gasteiger partial charge in [-0.3, -0.25) is 0 Å². The Morgan fingerprint density at radius 3 is 2.33 bits per heavy atom. The topological polar surface area (TPSA) is 26.3 Å². The van der Waals surface area contributed by atoms with Gasteiger partial charge >= 0.3 is 5.97 Å². The molecule has 0 saturated heterocycles. The SMILES string of the molecule is O=C(Oc1ccccc1Cl)C(I)=C(I)I. The van der Waals surface area contributed by atoms with Crippen LogP contribution >= 0.6 is 79.4 Å². The van der Waals surface area contributed by atoms with Crippen molar-refractivity contribution in [3.63, 3.8) is 0 Å². The second-order valence-corrected chi connectivity index (χ2v) is 8.10. The Morgan fingerprint density at radius 1 is 1.20 bits per heavy atom. The maximum Gasteiger partial charge on any atom is 0.351 e. The Kier molecular flexibility index (Phi) is 6.15. The number of halogens is 4. The molecule has 0 N–H and O–H groups in total. The number of carbonyl (C=O) groups excluding carboxylic acids is 1. The quantitative estimate of drug-likeness (QED) is 0.227. The largest absolute Gasteiger partial charge is 0.421 e. The molecule has 0 aliphatic heterocycles. The predicted molar refractivity (Wildman–Crippen MR) is 86.2 cm³/mol. The molecule has 1 aromatic carbocycles. The summed E-state index contributed by atoms with van der Waals surface area (Å²) in [7, 11) is 0. The van der Waals surface area contributed by atoms with Crippen LogP contribution in [0.5, 0.6) is 5.75 Å². The van der Waals surface area contributed by atoms with Gasteiger partial charge in [0.15, 0.2) is 0 Å². The van der Waals surface area contributed by atoms with Crippen molar-refractivity contribution >= 4 is 85.3 Å². The molecule has 0 amide bonds. The number of hydrogen-bond donors (Lipinski definition) is 0. The number of hydrogen-bond acceptors (Lipinski definition) is 2. The number of benzene rings is 1. The van der Waals surface area contributed by atoms with E-state index in [2.05, 4.69) is 45.2 Å². The van der Waals surface area contributed by atoms with E-state index in [-0.39, 0.29) is 5.97 Å². The van der Waals surface area contributed by atoms with E-state index < -0.39 is 0 Å². The van der Waals surface area contributed by atoms with Crippen molar-refractivity contribution < 1.29 is 9.53 Å². The highest BCUT2D eigenvalue weighted by Crippen LogP contribution is 2.29. The molecular weight excluding hydrogens is 556 g/mol. The fraction of sp³-hybridized carbons (Fsp3) is 0. The van der Waals surface area contributed by atoms with E-state index in [1.54, 1.807) is 24.3 Å². The summed E-state index contributed by atoms with van der Waals surface area (Å²) in [6, 6.07) is 6.88. The first-order chi connectivity index (χ1) is 7.02. The van der Waals surface area contributed by atoms with E-state index in [4.69, 9.17) is 16.3 Å². The molecule has 2 nitrogen and oxygen atoms in total. The van der Waals surface area contributed by atoms with Crippen molar-refractivity contribution in [2.45, 2.75) is 0 Å². The number of ether oxygens (including phenoxy) is 1. The normalized spacial score (nSPS) is 9.60. The molecular formula is C9H4ClI3O2. The summed E-state index contributed by atoms with van der Waals surface area (Å²) in [6.45, 7) is 0. The van der Waals surface area contributed by atoms with Crippen LogP contribution < -0.4 is 4.74 Å². The minimum Gasteiger partial charge on any atom is -0.421 e. The first kappa shape index (κ1) is 14.0. The van der Waals surface area contributed by atoms with Gasteiger partial charge in [0.1, 0.15) is 9.33 Å². The van der Waals surface area contributed by atoms with Crippen LogP contribution in [-0.4, -0.2) is 5.97 Å². The molecule has 15 heavy (non-hydrogen) atoms. The molecule has 0 saturated carbocycles. The van der Waals surface area contributed by atoms with Crippen LogP contribution in [0, 0.1) is 0 Å². The second kappa shape index (κ2) is 6.60. The maximum absolute atomic E-state index is 11.6. The van der Waals surface area contributed by atoms with Crippen molar-refractivity contribution in [3.05, 3.63) is 34.5 Å². The standard InChI is InChI=1S/C9H4ClI3O2/c10-5-3-1-2-4-6(5)15-9(14)7(11)8(12)13/h1-4H. The van der Waals surface area contributed by atoms with Crippen LogP contribution in [0.3, 0.4) is 0 Å². The zero-order chi connectivity index (χ0) is 11.4. The first-order valence-electron chi connectivity index (χ1n) is 3.70. The van der Waals surface area contributed by atoms with Crippen LogP contribution in [0.25, 0.3) is 0 Å². The Hall–Kier alpha value is 0.910. The van der Waals surface area contributed by atoms with Crippen LogP contribution in [0.4, 0.5) is 0 Å². The van der Waals surface area contributed by atoms with Gasteiger partial charge in [0.25, 0.3) is 0 Å². The summed E-state index contributed by atoms with van der Waals surface area (Å²) in [5.74, 6) is -0.00474. The lowest BCUT2D eigenvalue weighted by molar-refractivity contribution is -0.129. The molecule has 0 radical (unpaired) electrons. The minimum atomic E-state index is -0.387. The van der Waals surface area contributed by atoms with E-state index in [1.165, 1.54) is 0 Å². The molecule has 0 aromatic heterocycles. The summed E-state index contributed by atoms with van der Waals surface area (Å²) in [6.07, 6.45) is 0. The number of esters is 1. The predicted octanol–water partition coefficient (Wildman–Crippen LogP) is 4.72. The fourth-order valence-electron chi connectivity index (χ4n) is 0.749. The highest BCUT2D eigenvalue weighted by Gasteiger charge is 2.13. The molecule has 6 heteroatoms. The third-order valence-corrected chi connectivity index (χ3v) is 5.82. The number of para-hydroxylation sites is 1. The lowest BCUT2D eigenvalue weighted by Crippen LogP contribution is -2.07. The van der Waals surface area contributed by atoms with Gasteiger partial charge in [0, 0.05) is 0 Å². The average molecular weight is 560 g/mol. The van der Waals surface area contributed by atoms with Crippen molar-refractivity contribution in [1.29, 1.82) is 0 Å².